The predicted octanol–water partition coefficient (Wildman–Crippen LogP) is 4.30. The molecule has 0 heterocycles. The van der Waals surface area contributed by atoms with E-state index in [2.05, 4.69) is 21.2 Å². The minimum Gasteiger partial charge on any atom is -0.397 e. The molecule has 7 heteroatoms. The van der Waals surface area contributed by atoms with Crippen LogP contribution < -0.4 is 11.1 Å². The van der Waals surface area contributed by atoms with Crippen molar-refractivity contribution in [3.63, 3.8) is 0 Å². The fourth-order valence-corrected chi connectivity index (χ4v) is 2.16. The van der Waals surface area contributed by atoms with Gasteiger partial charge in [0.15, 0.2) is 0 Å². The summed E-state index contributed by atoms with van der Waals surface area (Å²) in [5.41, 5.74) is 5.34. The van der Waals surface area contributed by atoms with Crippen molar-refractivity contribution in [3.8, 4) is 0 Å². The van der Waals surface area contributed by atoms with Crippen LogP contribution in [0.4, 0.5) is 24.5 Å². The van der Waals surface area contributed by atoms with Gasteiger partial charge in [-0.15, -0.1) is 0 Å². The van der Waals surface area contributed by atoms with Crippen molar-refractivity contribution < 1.29 is 18.0 Å². The molecule has 1 amide bonds. The molecule has 21 heavy (non-hydrogen) atoms. The van der Waals surface area contributed by atoms with E-state index in [1.54, 1.807) is 24.3 Å². The molecule has 3 nitrogen and oxygen atoms in total. The van der Waals surface area contributed by atoms with Crippen LogP contribution in [0.15, 0.2) is 46.9 Å². The standard InChI is InChI=1S/C14H10BrF3N2O/c15-10-6-5-8(7-9(10)14(16,17)18)13(21)20-12-4-2-1-3-11(12)19/h1-7H,19H2,(H,20,21). The number of alkyl halides is 3. The van der Waals surface area contributed by atoms with Crippen LogP contribution in [0, 0.1) is 0 Å². The van der Waals surface area contributed by atoms with Crippen molar-refractivity contribution in [1.82, 2.24) is 0 Å². The Hall–Kier alpha value is -2.02. The average Bonchev–Trinajstić information content (AvgIpc) is 2.40. The molecule has 2 aromatic rings. The Bertz CT molecular complexity index is 686. The van der Waals surface area contributed by atoms with Gasteiger partial charge in [0.2, 0.25) is 0 Å². The molecule has 0 fully saturated rings. The molecule has 0 aliphatic rings. The Morgan fingerprint density at radius 3 is 2.43 bits per heavy atom. The molecule has 2 rings (SSSR count). The molecule has 110 valence electrons. The number of nitrogens with one attached hydrogen (secondary N) is 1. The summed E-state index contributed by atoms with van der Waals surface area (Å²) >= 11 is 2.82. The van der Waals surface area contributed by atoms with Gasteiger partial charge in [-0.25, -0.2) is 0 Å². The molecule has 0 aliphatic heterocycles. The predicted molar refractivity (Wildman–Crippen MR) is 78.0 cm³/mol. The number of nitrogens with two attached hydrogens (primary N) is 1. The van der Waals surface area contributed by atoms with E-state index in [0.29, 0.717) is 11.4 Å². The lowest BCUT2D eigenvalue weighted by molar-refractivity contribution is -0.138. The first-order chi connectivity index (χ1) is 9.79. The van der Waals surface area contributed by atoms with Crippen molar-refractivity contribution >= 4 is 33.2 Å². The van der Waals surface area contributed by atoms with Crippen molar-refractivity contribution in [2.75, 3.05) is 11.1 Å². The Morgan fingerprint density at radius 2 is 1.81 bits per heavy atom. The lowest BCUT2D eigenvalue weighted by Gasteiger charge is -2.12. The van der Waals surface area contributed by atoms with Crippen molar-refractivity contribution in [3.05, 3.63) is 58.1 Å². The summed E-state index contributed by atoms with van der Waals surface area (Å²) in [5, 5.41) is 2.48. The van der Waals surface area contributed by atoms with Crippen LogP contribution >= 0.6 is 15.9 Å². The number of carbonyl (C=O) groups is 1. The molecule has 0 radical (unpaired) electrons. The van der Waals surface area contributed by atoms with E-state index in [1.165, 1.54) is 12.1 Å². The molecule has 0 aliphatic carbocycles. The number of anilines is 2. The van der Waals surface area contributed by atoms with Crippen LogP contribution in [0.3, 0.4) is 0 Å². The van der Waals surface area contributed by atoms with Gasteiger partial charge in [0.25, 0.3) is 5.91 Å². The van der Waals surface area contributed by atoms with Gasteiger partial charge in [-0.1, -0.05) is 28.1 Å². The first kappa shape index (κ1) is 15.4. The van der Waals surface area contributed by atoms with Crippen LogP contribution in [0.5, 0.6) is 0 Å². The summed E-state index contributed by atoms with van der Waals surface area (Å²) in [6, 6.07) is 9.77. The number of benzene rings is 2. The Labute approximate surface area is 127 Å². The Balaban J connectivity index is 2.31. The zero-order valence-corrected chi connectivity index (χ0v) is 12.1. The van der Waals surface area contributed by atoms with Gasteiger partial charge in [-0.05, 0) is 30.3 Å². The fourth-order valence-electron chi connectivity index (χ4n) is 1.69. The number of carbonyl (C=O) groups excluding carboxylic acids is 1. The topological polar surface area (TPSA) is 55.1 Å². The normalized spacial score (nSPS) is 11.2. The summed E-state index contributed by atoms with van der Waals surface area (Å²) in [6.45, 7) is 0. The highest BCUT2D eigenvalue weighted by atomic mass is 79.9. The summed E-state index contributed by atoms with van der Waals surface area (Å²) in [5.74, 6) is -0.661. The Kier molecular flexibility index (Phi) is 4.22. The third kappa shape index (κ3) is 3.55. The maximum Gasteiger partial charge on any atom is 0.417 e. The van der Waals surface area contributed by atoms with Gasteiger partial charge >= 0.3 is 6.18 Å². The van der Waals surface area contributed by atoms with Crippen LogP contribution in [-0.4, -0.2) is 5.91 Å². The summed E-state index contributed by atoms with van der Waals surface area (Å²) in [6.07, 6.45) is -4.54. The van der Waals surface area contributed by atoms with E-state index in [1.807, 2.05) is 0 Å². The molecular weight excluding hydrogens is 349 g/mol. The molecule has 3 N–H and O–H groups in total. The van der Waals surface area contributed by atoms with Crippen LogP contribution in [0.2, 0.25) is 0 Å². The Morgan fingerprint density at radius 1 is 1.14 bits per heavy atom. The van der Waals surface area contributed by atoms with Gasteiger partial charge in [-0.3, -0.25) is 4.79 Å². The smallest absolute Gasteiger partial charge is 0.397 e. The van der Waals surface area contributed by atoms with Gasteiger partial charge in [0, 0.05) is 10.0 Å². The second-order valence-corrected chi connectivity index (χ2v) is 5.09. The zero-order valence-electron chi connectivity index (χ0n) is 10.5. The molecule has 2 aromatic carbocycles. The van der Waals surface area contributed by atoms with E-state index in [4.69, 9.17) is 5.73 Å². The highest BCUT2D eigenvalue weighted by molar-refractivity contribution is 9.10. The maximum atomic E-state index is 12.8. The number of hydrogen-bond donors (Lipinski definition) is 2. The lowest BCUT2D eigenvalue weighted by Crippen LogP contribution is -2.15. The molecule has 0 aromatic heterocycles. The summed E-state index contributed by atoms with van der Waals surface area (Å²) in [4.78, 5) is 12.0. The molecule has 0 unspecified atom stereocenters. The van der Waals surface area contributed by atoms with Gasteiger partial charge in [0.1, 0.15) is 0 Å². The van der Waals surface area contributed by atoms with E-state index in [-0.39, 0.29) is 10.0 Å². The van der Waals surface area contributed by atoms with E-state index in [0.717, 1.165) is 6.07 Å². The van der Waals surface area contributed by atoms with E-state index >= 15 is 0 Å². The largest absolute Gasteiger partial charge is 0.417 e. The van der Waals surface area contributed by atoms with Crippen molar-refractivity contribution in [1.29, 1.82) is 0 Å². The second kappa shape index (κ2) is 5.77. The second-order valence-electron chi connectivity index (χ2n) is 4.23. The fraction of sp³-hybridized carbons (Fsp3) is 0.0714. The van der Waals surface area contributed by atoms with Gasteiger partial charge in [-0.2, -0.15) is 13.2 Å². The van der Waals surface area contributed by atoms with E-state index < -0.39 is 17.6 Å². The van der Waals surface area contributed by atoms with E-state index in [9.17, 15) is 18.0 Å². The third-order valence-electron chi connectivity index (χ3n) is 2.74. The van der Waals surface area contributed by atoms with Crippen LogP contribution in [0.1, 0.15) is 15.9 Å². The quantitative estimate of drug-likeness (QED) is 0.786. The molecule has 0 atom stereocenters. The van der Waals surface area contributed by atoms with Crippen molar-refractivity contribution in [2.45, 2.75) is 6.18 Å². The number of halogens is 4. The first-order valence-electron chi connectivity index (χ1n) is 5.81. The highest BCUT2D eigenvalue weighted by Crippen LogP contribution is 2.35. The molecule has 0 spiro atoms. The highest BCUT2D eigenvalue weighted by Gasteiger charge is 2.33. The molecule has 0 saturated carbocycles. The summed E-state index contributed by atoms with van der Waals surface area (Å²) < 4.78 is 38.3. The molecule has 0 bridgehead atoms. The monoisotopic (exact) mass is 358 g/mol. The van der Waals surface area contributed by atoms with Crippen LogP contribution in [-0.2, 0) is 6.18 Å². The zero-order chi connectivity index (χ0) is 15.6. The minimum atomic E-state index is -4.54. The van der Waals surface area contributed by atoms with Crippen LogP contribution in [0.25, 0.3) is 0 Å². The third-order valence-corrected chi connectivity index (χ3v) is 3.43. The lowest BCUT2D eigenvalue weighted by atomic mass is 10.1. The average molecular weight is 359 g/mol. The van der Waals surface area contributed by atoms with Gasteiger partial charge < -0.3 is 11.1 Å². The number of amides is 1. The number of rotatable bonds is 2. The minimum absolute atomic E-state index is 0.103. The maximum absolute atomic E-state index is 12.8. The van der Waals surface area contributed by atoms with Gasteiger partial charge in [0.05, 0.1) is 16.9 Å². The SMILES string of the molecule is Nc1ccccc1NC(=O)c1ccc(Br)c(C(F)(F)F)c1. The van der Waals surface area contributed by atoms with Crippen molar-refractivity contribution in [2.24, 2.45) is 0 Å². The summed E-state index contributed by atoms with van der Waals surface area (Å²) in [7, 11) is 0. The number of hydrogen-bond acceptors (Lipinski definition) is 2. The number of para-hydroxylation sites is 2. The molecular formula is C14H10BrF3N2O. The molecule has 0 saturated heterocycles. The first-order valence-corrected chi connectivity index (χ1v) is 6.61. The number of nitrogen functional groups attached to an aromatic ring is 1.